The van der Waals surface area contributed by atoms with Gasteiger partial charge in [0.15, 0.2) is 0 Å². The number of carboxylic acid groups (broad SMARTS) is 1. The Morgan fingerprint density at radius 2 is 2.06 bits per heavy atom. The summed E-state index contributed by atoms with van der Waals surface area (Å²) in [6, 6.07) is 13.9. The van der Waals surface area contributed by atoms with Crippen LogP contribution in [0.5, 0.6) is 11.5 Å². The van der Waals surface area contributed by atoms with Crippen LogP contribution in [-0.2, 0) is 11.4 Å². The Hall–Kier alpha value is -3.47. The van der Waals surface area contributed by atoms with Gasteiger partial charge in [0.1, 0.15) is 23.9 Å². The zero-order valence-electron chi connectivity index (χ0n) is 18.3. The third kappa shape index (κ3) is 4.88. The molecule has 5 heteroatoms. The van der Waals surface area contributed by atoms with E-state index in [4.69, 9.17) is 14.6 Å². The van der Waals surface area contributed by atoms with E-state index < -0.39 is 5.97 Å². The Morgan fingerprint density at radius 1 is 1.22 bits per heavy atom. The van der Waals surface area contributed by atoms with Crippen molar-refractivity contribution in [3.05, 3.63) is 88.7 Å². The molecule has 0 fully saturated rings. The summed E-state index contributed by atoms with van der Waals surface area (Å²) in [6.07, 6.45) is 4.54. The number of aliphatic hydroxyl groups is 1. The lowest BCUT2D eigenvalue weighted by Gasteiger charge is -2.16. The molecule has 166 valence electrons. The van der Waals surface area contributed by atoms with Crippen molar-refractivity contribution in [3.63, 3.8) is 0 Å². The van der Waals surface area contributed by atoms with Gasteiger partial charge in [-0.05, 0) is 72.2 Å². The van der Waals surface area contributed by atoms with E-state index in [1.165, 1.54) is 5.57 Å². The molecular formula is C27H28O5. The summed E-state index contributed by atoms with van der Waals surface area (Å²) in [5.41, 5.74) is 6.17. The zero-order valence-corrected chi connectivity index (χ0v) is 18.3. The smallest absolute Gasteiger partial charge is 0.304 e. The van der Waals surface area contributed by atoms with Crippen LogP contribution in [0.25, 0.3) is 5.57 Å². The van der Waals surface area contributed by atoms with E-state index >= 15 is 0 Å². The standard InChI is InChI=1S/C27H28O5/c1-17-5-3-8-23(18(2)11-25(17)28)20-7-4-6-19(12-20)15-31-22-9-10-24-21(13-27(29)30)16-32-26(24)14-22/h4,6-7,9-12,14,21,28H,1,3,5,8,13,15-16H2,2H3,(H,29,30)/b23-18+,25-11+/t21-/m1/s1. The molecule has 2 N–H and O–H groups in total. The zero-order chi connectivity index (χ0) is 22.7. The first kappa shape index (κ1) is 21.8. The predicted molar refractivity (Wildman–Crippen MR) is 124 cm³/mol. The van der Waals surface area contributed by atoms with E-state index in [0.29, 0.717) is 24.7 Å². The molecule has 2 aromatic rings. The molecule has 1 atom stereocenters. The topological polar surface area (TPSA) is 76.0 Å². The maximum Gasteiger partial charge on any atom is 0.304 e. The maximum absolute atomic E-state index is 11.0. The van der Waals surface area contributed by atoms with Gasteiger partial charge in [0, 0.05) is 17.5 Å². The van der Waals surface area contributed by atoms with Crippen LogP contribution >= 0.6 is 0 Å². The fourth-order valence-electron chi connectivity index (χ4n) is 4.31. The Labute approximate surface area is 188 Å². The van der Waals surface area contributed by atoms with Gasteiger partial charge in [-0.3, -0.25) is 4.79 Å². The highest BCUT2D eigenvalue weighted by molar-refractivity contribution is 5.71. The van der Waals surface area contributed by atoms with Crippen LogP contribution in [0, 0.1) is 0 Å². The Balaban J connectivity index is 1.48. The molecule has 0 bridgehead atoms. The summed E-state index contributed by atoms with van der Waals surface area (Å²) in [5.74, 6) is 0.726. The summed E-state index contributed by atoms with van der Waals surface area (Å²) in [4.78, 5) is 11.0. The monoisotopic (exact) mass is 432 g/mol. The molecule has 0 aromatic heterocycles. The number of hydrogen-bond donors (Lipinski definition) is 2. The molecule has 32 heavy (non-hydrogen) atoms. The molecule has 1 aliphatic heterocycles. The van der Waals surface area contributed by atoms with Crippen molar-refractivity contribution >= 4 is 11.5 Å². The van der Waals surface area contributed by atoms with Crippen molar-refractivity contribution in [1.29, 1.82) is 0 Å². The Kier molecular flexibility index (Phi) is 6.35. The van der Waals surface area contributed by atoms with Crippen LogP contribution in [0.1, 0.15) is 55.2 Å². The Bertz CT molecular complexity index is 1110. The fraction of sp³-hybridized carbons (Fsp3) is 0.296. The molecule has 5 nitrogen and oxygen atoms in total. The van der Waals surface area contributed by atoms with Crippen LogP contribution < -0.4 is 9.47 Å². The van der Waals surface area contributed by atoms with E-state index in [9.17, 15) is 9.90 Å². The first-order chi connectivity index (χ1) is 15.4. The molecule has 4 rings (SSSR count). The average Bonchev–Trinajstić information content (AvgIpc) is 3.15. The molecular weight excluding hydrogens is 404 g/mol. The van der Waals surface area contributed by atoms with E-state index in [1.54, 1.807) is 0 Å². The summed E-state index contributed by atoms with van der Waals surface area (Å²) >= 11 is 0. The number of benzene rings is 2. The minimum Gasteiger partial charge on any atom is -0.508 e. The van der Waals surface area contributed by atoms with E-state index in [2.05, 4.69) is 18.7 Å². The van der Waals surface area contributed by atoms with Crippen LogP contribution in [0.4, 0.5) is 0 Å². The van der Waals surface area contributed by atoms with Gasteiger partial charge < -0.3 is 19.7 Å². The molecule has 1 aliphatic carbocycles. The lowest BCUT2D eigenvalue weighted by molar-refractivity contribution is -0.137. The minimum atomic E-state index is -0.822. The van der Waals surface area contributed by atoms with Crippen LogP contribution in [0.3, 0.4) is 0 Å². The minimum absolute atomic E-state index is 0.0658. The number of carbonyl (C=O) groups is 1. The number of carboxylic acids is 1. The van der Waals surface area contributed by atoms with Crippen molar-refractivity contribution in [1.82, 2.24) is 0 Å². The molecule has 0 spiro atoms. The largest absolute Gasteiger partial charge is 0.508 e. The van der Waals surface area contributed by atoms with Gasteiger partial charge in [0.05, 0.1) is 13.0 Å². The summed E-state index contributed by atoms with van der Waals surface area (Å²) < 4.78 is 11.7. The van der Waals surface area contributed by atoms with Gasteiger partial charge >= 0.3 is 5.97 Å². The first-order valence-electron chi connectivity index (χ1n) is 10.9. The number of aliphatic hydroxyl groups excluding tert-OH is 1. The first-order valence-corrected chi connectivity index (χ1v) is 10.9. The average molecular weight is 433 g/mol. The number of ether oxygens (including phenoxy) is 2. The van der Waals surface area contributed by atoms with E-state index in [0.717, 1.165) is 47.1 Å². The molecule has 2 aliphatic rings. The lowest BCUT2D eigenvalue weighted by Crippen LogP contribution is -2.07. The number of rotatable bonds is 6. The van der Waals surface area contributed by atoms with Gasteiger partial charge in [-0.25, -0.2) is 0 Å². The third-order valence-electron chi connectivity index (χ3n) is 6.06. The van der Waals surface area contributed by atoms with Gasteiger partial charge in [-0.1, -0.05) is 30.8 Å². The van der Waals surface area contributed by atoms with E-state index in [-0.39, 0.29) is 18.1 Å². The van der Waals surface area contributed by atoms with Crippen LogP contribution in [0.15, 0.2) is 72.0 Å². The van der Waals surface area contributed by atoms with Crippen LogP contribution in [0.2, 0.25) is 0 Å². The third-order valence-corrected chi connectivity index (χ3v) is 6.06. The highest BCUT2D eigenvalue weighted by atomic mass is 16.5. The van der Waals surface area contributed by atoms with Gasteiger partial charge in [-0.15, -0.1) is 0 Å². The second-order valence-corrected chi connectivity index (χ2v) is 8.44. The van der Waals surface area contributed by atoms with Gasteiger partial charge in [0.25, 0.3) is 0 Å². The number of aliphatic carboxylic acids is 1. The van der Waals surface area contributed by atoms with Gasteiger partial charge in [0.2, 0.25) is 0 Å². The highest BCUT2D eigenvalue weighted by Gasteiger charge is 2.26. The van der Waals surface area contributed by atoms with Crippen molar-refractivity contribution in [2.75, 3.05) is 6.61 Å². The molecule has 0 radical (unpaired) electrons. The quantitative estimate of drug-likeness (QED) is 0.571. The number of hydrogen-bond acceptors (Lipinski definition) is 4. The molecule has 0 amide bonds. The normalized spacial score (nSPS) is 22.2. The maximum atomic E-state index is 11.0. The highest BCUT2D eigenvalue weighted by Crippen LogP contribution is 2.38. The second kappa shape index (κ2) is 9.35. The van der Waals surface area contributed by atoms with Crippen LogP contribution in [-0.4, -0.2) is 22.8 Å². The summed E-state index contributed by atoms with van der Waals surface area (Å²) in [5, 5.41) is 19.2. The van der Waals surface area contributed by atoms with Crippen molar-refractivity contribution in [3.8, 4) is 11.5 Å². The molecule has 1 heterocycles. The fourth-order valence-corrected chi connectivity index (χ4v) is 4.31. The number of allylic oxidation sites excluding steroid dienone is 4. The van der Waals surface area contributed by atoms with Crippen molar-refractivity contribution in [2.24, 2.45) is 0 Å². The molecule has 2 aromatic carbocycles. The Morgan fingerprint density at radius 3 is 2.88 bits per heavy atom. The second-order valence-electron chi connectivity index (χ2n) is 8.44. The van der Waals surface area contributed by atoms with Crippen molar-refractivity contribution < 1.29 is 24.5 Å². The predicted octanol–water partition coefficient (Wildman–Crippen LogP) is 6.17. The number of fused-ring (bicyclic) bond motifs is 1. The molecule has 0 saturated heterocycles. The molecule has 0 unspecified atom stereocenters. The van der Waals surface area contributed by atoms with Crippen molar-refractivity contribution in [2.45, 2.75) is 45.1 Å². The van der Waals surface area contributed by atoms with Gasteiger partial charge in [-0.2, -0.15) is 0 Å². The SMILES string of the molecule is C=C1CCC/C(c2cccc(COc3ccc4c(c3)OC[C@H]4CC(=O)O)c2)=C(C)\C=C/1O. The lowest BCUT2D eigenvalue weighted by atomic mass is 9.90. The summed E-state index contributed by atoms with van der Waals surface area (Å²) in [6.45, 7) is 6.77. The summed E-state index contributed by atoms with van der Waals surface area (Å²) in [7, 11) is 0. The molecule has 0 saturated carbocycles. The van der Waals surface area contributed by atoms with E-state index in [1.807, 2.05) is 43.3 Å².